The van der Waals surface area contributed by atoms with Crippen LogP contribution in [0.2, 0.25) is 0 Å². The SMILES string of the molecule is COc1cc(CC2CN(C)CCC2O)cc(OC)c1O. The summed E-state index contributed by atoms with van der Waals surface area (Å²) < 4.78 is 10.3. The highest BCUT2D eigenvalue weighted by atomic mass is 16.5. The monoisotopic (exact) mass is 281 g/mol. The number of piperidine rings is 1. The number of aliphatic hydroxyl groups is 1. The maximum absolute atomic E-state index is 10.1. The van der Waals surface area contributed by atoms with E-state index in [9.17, 15) is 10.2 Å². The molecule has 1 fully saturated rings. The lowest BCUT2D eigenvalue weighted by Crippen LogP contribution is -2.41. The number of ether oxygens (including phenoxy) is 2. The summed E-state index contributed by atoms with van der Waals surface area (Å²) in [7, 11) is 5.10. The van der Waals surface area contributed by atoms with Crippen LogP contribution in [0.4, 0.5) is 0 Å². The van der Waals surface area contributed by atoms with Gasteiger partial charge in [-0.15, -0.1) is 0 Å². The molecule has 0 aliphatic carbocycles. The second-order valence-electron chi connectivity index (χ2n) is 5.43. The molecule has 0 radical (unpaired) electrons. The molecule has 1 saturated heterocycles. The lowest BCUT2D eigenvalue weighted by Gasteiger charge is -2.34. The molecule has 0 spiro atoms. The number of hydrogen-bond acceptors (Lipinski definition) is 5. The highest BCUT2D eigenvalue weighted by molar-refractivity contribution is 5.52. The van der Waals surface area contributed by atoms with Crippen molar-refractivity contribution >= 4 is 0 Å². The number of benzene rings is 1. The van der Waals surface area contributed by atoms with Crippen molar-refractivity contribution in [2.24, 2.45) is 5.92 Å². The molecule has 5 nitrogen and oxygen atoms in total. The van der Waals surface area contributed by atoms with Gasteiger partial charge in [0.15, 0.2) is 11.5 Å². The number of phenolic OH excluding ortho intramolecular Hbond substituents is 1. The summed E-state index contributed by atoms with van der Waals surface area (Å²) in [6, 6.07) is 3.61. The Balaban J connectivity index is 2.20. The third-order valence-corrected chi connectivity index (χ3v) is 3.93. The first-order chi connectivity index (χ1) is 9.55. The summed E-state index contributed by atoms with van der Waals surface area (Å²) in [4.78, 5) is 2.23. The summed E-state index contributed by atoms with van der Waals surface area (Å²) >= 11 is 0. The normalized spacial score (nSPS) is 23.6. The van der Waals surface area contributed by atoms with Crippen LogP contribution < -0.4 is 9.47 Å². The Kier molecular flexibility index (Phi) is 4.73. The summed E-state index contributed by atoms with van der Waals surface area (Å²) in [5.74, 6) is 1.00. The van der Waals surface area contributed by atoms with Gasteiger partial charge in [0.25, 0.3) is 0 Å². The van der Waals surface area contributed by atoms with E-state index in [1.807, 2.05) is 0 Å². The van der Waals surface area contributed by atoms with Crippen molar-refractivity contribution in [3.05, 3.63) is 17.7 Å². The summed E-state index contributed by atoms with van der Waals surface area (Å²) in [5.41, 5.74) is 0.996. The lowest BCUT2D eigenvalue weighted by atomic mass is 9.89. The fourth-order valence-corrected chi connectivity index (χ4v) is 2.77. The van der Waals surface area contributed by atoms with Gasteiger partial charge in [0.05, 0.1) is 20.3 Å². The molecule has 1 aromatic carbocycles. The van der Waals surface area contributed by atoms with E-state index >= 15 is 0 Å². The van der Waals surface area contributed by atoms with Crippen LogP contribution in [0.1, 0.15) is 12.0 Å². The first-order valence-corrected chi connectivity index (χ1v) is 6.85. The summed E-state index contributed by atoms with van der Waals surface area (Å²) in [6.07, 6.45) is 1.25. The van der Waals surface area contributed by atoms with E-state index in [1.54, 1.807) is 12.1 Å². The predicted octanol–water partition coefficient (Wildman–Crippen LogP) is 1.26. The molecule has 1 aromatic rings. The zero-order chi connectivity index (χ0) is 14.7. The van der Waals surface area contributed by atoms with Crippen LogP contribution >= 0.6 is 0 Å². The number of methoxy groups -OCH3 is 2. The van der Waals surface area contributed by atoms with E-state index in [0.717, 1.165) is 31.5 Å². The molecule has 5 heteroatoms. The van der Waals surface area contributed by atoms with Gasteiger partial charge in [0.2, 0.25) is 5.75 Å². The van der Waals surface area contributed by atoms with Crippen LogP contribution in [0.5, 0.6) is 17.2 Å². The van der Waals surface area contributed by atoms with Gasteiger partial charge >= 0.3 is 0 Å². The molecule has 1 aliphatic rings. The van der Waals surface area contributed by atoms with Crippen molar-refractivity contribution in [1.82, 2.24) is 4.90 Å². The molecule has 2 rings (SSSR count). The molecule has 20 heavy (non-hydrogen) atoms. The predicted molar refractivity (Wildman–Crippen MR) is 76.5 cm³/mol. The third kappa shape index (κ3) is 3.16. The Morgan fingerprint density at radius 1 is 1.25 bits per heavy atom. The molecule has 112 valence electrons. The average Bonchev–Trinajstić information content (AvgIpc) is 2.44. The molecular weight excluding hydrogens is 258 g/mol. The van der Waals surface area contributed by atoms with Crippen LogP contribution in [-0.2, 0) is 6.42 Å². The molecule has 0 aromatic heterocycles. The second-order valence-corrected chi connectivity index (χ2v) is 5.43. The molecule has 0 amide bonds. The number of aromatic hydroxyl groups is 1. The van der Waals surface area contributed by atoms with Crippen molar-refractivity contribution < 1.29 is 19.7 Å². The van der Waals surface area contributed by atoms with Crippen molar-refractivity contribution in [1.29, 1.82) is 0 Å². The second kappa shape index (κ2) is 6.33. The first kappa shape index (κ1) is 14.9. The first-order valence-electron chi connectivity index (χ1n) is 6.85. The van der Waals surface area contributed by atoms with Gasteiger partial charge in [0, 0.05) is 19.0 Å². The van der Waals surface area contributed by atoms with E-state index in [1.165, 1.54) is 14.2 Å². The van der Waals surface area contributed by atoms with Crippen LogP contribution in [0, 0.1) is 5.92 Å². The quantitative estimate of drug-likeness (QED) is 0.870. The zero-order valence-electron chi connectivity index (χ0n) is 12.3. The van der Waals surface area contributed by atoms with Gasteiger partial charge in [-0.25, -0.2) is 0 Å². The van der Waals surface area contributed by atoms with Crippen molar-refractivity contribution in [3.63, 3.8) is 0 Å². The van der Waals surface area contributed by atoms with Crippen LogP contribution in [-0.4, -0.2) is 55.6 Å². The van der Waals surface area contributed by atoms with Crippen LogP contribution in [0.15, 0.2) is 12.1 Å². The van der Waals surface area contributed by atoms with Crippen molar-refractivity contribution in [3.8, 4) is 17.2 Å². The maximum Gasteiger partial charge on any atom is 0.200 e. The van der Waals surface area contributed by atoms with E-state index in [0.29, 0.717) is 11.5 Å². The van der Waals surface area contributed by atoms with Gasteiger partial charge in [-0.3, -0.25) is 0 Å². The molecule has 0 bridgehead atoms. The zero-order valence-corrected chi connectivity index (χ0v) is 12.3. The molecule has 1 aliphatic heterocycles. The van der Waals surface area contributed by atoms with Gasteiger partial charge in [-0.1, -0.05) is 0 Å². The topological polar surface area (TPSA) is 62.2 Å². The highest BCUT2D eigenvalue weighted by Gasteiger charge is 2.26. The molecule has 0 saturated carbocycles. The summed E-state index contributed by atoms with van der Waals surface area (Å²) in [6.45, 7) is 1.80. The van der Waals surface area contributed by atoms with E-state index in [-0.39, 0.29) is 17.8 Å². The highest BCUT2D eigenvalue weighted by Crippen LogP contribution is 2.38. The minimum absolute atomic E-state index is 0.0139. The minimum Gasteiger partial charge on any atom is -0.502 e. The van der Waals surface area contributed by atoms with Gasteiger partial charge < -0.3 is 24.6 Å². The summed E-state index contributed by atoms with van der Waals surface area (Å²) in [5, 5.41) is 20.0. The molecular formula is C15H23NO4. The standard InChI is InChI=1S/C15H23NO4/c1-16-5-4-12(17)11(9-16)6-10-7-13(19-2)15(18)14(8-10)20-3/h7-8,11-12,17-18H,4-6,9H2,1-3H3. The van der Waals surface area contributed by atoms with Crippen LogP contribution in [0.3, 0.4) is 0 Å². The number of hydrogen-bond donors (Lipinski definition) is 2. The van der Waals surface area contributed by atoms with E-state index in [4.69, 9.17) is 9.47 Å². The Bertz CT molecular complexity index is 438. The van der Waals surface area contributed by atoms with Gasteiger partial charge in [-0.05, 0) is 37.6 Å². The number of nitrogens with zero attached hydrogens (tertiary/aromatic N) is 1. The maximum atomic E-state index is 10.1. The molecule has 1 heterocycles. The van der Waals surface area contributed by atoms with E-state index < -0.39 is 0 Å². The minimum atomic E-state index is -0.281. The van der Waals surface area contributed by atoms with E-state index in [2.05, 4.69) is 11.9 Å². The Morgan fingerprint density at radius 3 is 2.40 bits per heavy atom. The van der Waals surface area contributed by atoms with Crippen LogP contribution in [0.25, 0.3) is 0 Å². The fraction of sp³-hybridized carbons (Fsp3) is 0.600. The number of rotatable bonds is 4. The fourth-order valence-electron chi connectivity index (χ4n) is 2.77. The number of aliphatic hydroxyl groups excluding tert-OH is 1. The van der Waals surface area contributed by atoms with Gasteiger partial charge in [0.1, 0.15) is 0 Å². The van der Waals surface area contributed by atoms with Crippen molar-refractivity contribution in [2.75, 3.05) is 34.4 Å². The average molecular weight is 281 g/mol. The molecule has 2 unspecified atom stereocenters. The van der Waals surface area contributed by atoms with Crippen molar-refractivity contribution in [2.45, 2.75) is 18.9 Å². The third-order valence-electron chi connectivity index (χ3n) is 3.93. The lowest BCUT2D eigenvalue weighted by molar-refractivity contribution is 0.0366. The Hall–Kier alpha value is -1.46. The molecule has 2 N–H and O–H groups in total. The molecule has 2 atom stereocenters. The Labute approximate surface area is 119 Å². The number of likely N-dealkylation sites (tertiary alicyclic amines) is 1. The number of phenols is 1. The van der Waals surface area contributed by atoms with Gasteiger partial charge in [-0.2, -0.15) is 0 Å². The Morgan fingerprint density at radius 2 is 1.85 bits per heavy atom. The largest absolute Gasteiger partial charge is 0.502 e. The smallest absolute Gasteiger partial charge is 0.200 e.